The van der Waals surface area contributed by atoms with Crippen molar-refractivity contribution < 1.29 is 9.48 Å². The number of hydrogen-bond donors (Lipinski definition) is 1. The van der Waals surface area contributed by atoms with Crippen LogP contribution < -0.4 is 4.90 Å². The molecular formula is C19H34N2+2. The van der Waals surface area contributed by atoms with Crippen molar-refractivity contribution in [2.24, 2.45) is 5.41 Å². The second-order valence-corrected chi connectivity index (χ2v) is 8.24. The summed E-state index contributed by atoms with van der Waals surface area (Å²) in [6, 6.07) is 0. The zero-order chi connectivity index (χ0) is 14.7. The summed E-state index contributed by atoms with van der Waals surface area (Å²) in [6.45, 7) is 10.3. The fraction of sp³-hybridized carbons (Fsp3) is 0.842. The van der Waals surface area contributed by atoms with Crippen LogP contribution in [-0.2, 0) is 0 Å². The van der Waals surface area contributed by atoms with E-state index in [4.69, 9.17) is 0 Å². The Balaban J connectivity index is 1.84. The Kier molecular flexibility index (Phi) is 4.83. The summed E-state index contributed by atoms with van der Waals surface area (Å²) in [5.41, 5.74) is 3.82. The Morgan fingerprint density at radius 1 is 0.857 bits per heavy atom. The van der Waals surface area contributed by atoms with Crippen LogP contribution in [0.2, 0.25) is 0 Å². The number of nitrogens with zero attached hydrogens (tertiary/aromatic N) is 1. The summed E-state index contributed by atoms with van der Waals surface area (Å²) in [6.07, 6.45) is 15.2. The predicted octanol–water partition coefficient (Wildman–Crippen LogP) is 2.79. The Labute approximate surface area is 130 Å². The number of quaternary nitrogens is 1. The van der Waals surface area contributed by atoms with Crippen LogP contribution in [0.5, 0.6) is 0 Å². The molecule has 21 heavy (non-hydrogen) atoms. The summed E-state index contributed by atoms with van der Waals surface area (Å²) in [5, 5.41) is 0. The number of rotatable bonds is 1. The van der Waals surface area contributed by atoms with Crippen molar-refractivity contribution in [1.82, 2.24) is 0 Å². The van der Waals surface area contributed by atoms with Gasteiger partial charge in [0.2, 0.25) is 0 Å². The zero-order valence-electron chi connectivity index (χ0n) is 14.2. The highest BCUT2D eigenvalue weighted by Crippen LogP contribution is 2.32. The molecule has 2 heteroatoms. The molecule has 0 unspecified atom stereocenters. The fourth-order valence-electron chi connectivity index (χ4n) is 4.46. The Morgan fingerprint density at radius 3 is 2.14 bits per heavy atom. The first-order valence-corrected chi connectivity index (χ1v) is 9.30. The van der Waals surface area contributed by atoms with Crippen LogP contribution in [0.1, 0.15) is 71.6 Å². The van der Waals surface area contributed by atoms with Crippen molar-refractivity contribution in [3.63, 3.8) is 0 Å². The first-order chi connectivity index (χ1) is 10.1. The summed E-state index contributed by atoms with van der Waals surface area (Å²) in [4.78, 5) is 1.80. The van der Waals surface area contributed by atoms with Gasteiger partial charge in [-0.25, -0.2) is 4.58 Å². The van der Waals surface area contributed by atoms with E-state index in [1.54, 1.807) is 16.3 Å². The monoisotopic (exact) mass is 290 g/mol. The number of likely N-dealkylation sites (tertiary alicyclic amines) is 1. The van der Waals surface area contributed by atoms with Gasteiger partial charge in [0.05, 0.1) is 19.2 Å². The van der Waals surface area contributed by atoms with Crippen molar-refractivity contribution in [1.29, 1.82) is 0 Å². The van der Waals surface area contributed by atoms with Crippen LogP contribution in [0, 0.1) is 5.41 Å². The van der Waals surface area contributed by atoms with E-state index in [-0.39, 0.29) is 0 Å². The number of allylic oxidation sites excluding steroid dienone is 2. The van der Waals surface area contributed by atoms with E-state index in [1.807, 2.05) is 0 Å². The first kappa shape index (κ1) is 15.3. The van der Waals surface area contributed by atoms with E-state index in [1.165, 1.54) is 84.0 Å². The van der Waals surface area contributed by atoms with E-state index in [2.05, 4.69) is 24.5 Å². The molecule has 0 bridgehead atoms. The number of nitrogens with one attached hydrogen (secondary N) is 1. The van der Waals surface area contributed by atoms with E-state index >= 15 is 0 Å². The maximum absolute atomic E-state index is 2.70. The lowest BCUT2D eigenvalue weighted by molar-refractivity contribution is -0.862. The quantitative estimate of drug-likeness (QED) is 0.710. The van der Waals surface area contributed by atoms with E-state index in [9.17, 15) is 0 Å². The van der Waals surface area contributed by atoms with Gasteiger partial charge in [-0.2, -0.15) is 0 Å². The van der Waals surface area contributed by atoms with Crippen LogP contribution in [0.3, 0.4) is 0 Å². The highest BCUT2D eigenvalue weighted by Gasteiger charge is 2.35. The molecule has 1 N–H and O–H groups in total. The van der Waals surface area contributed by atoms with Gasteiger partial charge in [-0.05, 0) is 37.5 Å². The molecule has 0 radical (unpaired) electrons. The molecule has 3 aliphatic rings. The average Bonchev–Trinajstić information content (AvgIpc) is 2.75. The van der Waals surface area contributed by atoms with Gasteiger partial charge in [-0.15, -0.1) is 0 Å². The van der Waals surface area contributed by atoms with Crippen molar-refractivity contribution in [2.45, 2.75) is 71.6 Å². The molecule has 2 aliphatic heterocycles. The molecule has 2 saturated heterocycles. The SMILES string of the molecule is CC1(C)CC([NH+]2CCCCCC2)=CC(=[N+]2CCCCC2)C1. The van der Waals surface area contributed by atoms with E-state index < -0.39 is 0 Å². The van der Waals surface area contributed by atoms with E-state index in [0.29, 0.717) is 5.41 Å². The molecule has 0 saturated carbocycles. The highest BCUT2D eigenvalue weighted by atomic mass is 15.1. The summed E-state index contributed by atoms with van der Waals surface area (Å²) in [5.74, 6) is 0. The van der Waals surface area contributed by atoms with Gasteiger partial charge in [0.15, 0.2) is 5.71 Å². The zero-order valence-corrected chi connectivity index (χ0v) is 14.2. The summed E-state index contributed by atoms with van der Waals surface area (Å²) < 4.78 is 2.70. The molecule has 2 heterocycles. The summed E-state index contributed by atoms with van der Waals surface area (Å²) >= 11 is 0. The normalized spacial score (nSPS) is 28.2. The van der Waals surface area contributed by atoms with Crippen molar-refractivity contribution >= 4 is 5.71 Å². The van der Waals surface area contributed by atoms with Gasteiger partial charge in [0.25, 0.3) is 0 Å². The van der Waals surface area contributed by atoms with Gasteiger partial charge in [-0.1, -0.05) is 13.8 Å². The molecule has 0 aromatic carbocycles. The molecule has 0 spiro atoms. The third-order valence-corrected chi connectivity index (χ3v) is 5.59. The average molecular weight is 290 g/mol. The van der Waals surface area contributed by atoms with Crippen LogP contribution in [0.4, 0.5) is 0 Å². The molecule has 3 rings (SSSR count). The molecule has 118 valence electrons. The van der Waals surface area contributed by atoms with E-state index in [0.717, 1.165) is 0 Å². The Bertz CT molecular complexity index is 415. The highest BCUT2D eigenvalue weighted by molar-refractivity contribution is 5.92. The maximum Gasteiger partial charge on any atom is 0.182 e. The summed E-state index contributed by atoms with van der Waals surface area (Å²) in [7, 11) is 0. The molecular weight excluding hydrogens is 256 g/mol. The van der Waals surface area contributed by atoms with Crippen LogP contribution in [-0.4, -0.2) is 36.5 Å². The topological polar surface area (TPSA) is 7.45 Å². The lowest BCUT2D eigenvalue weighted by Crippen LogP contribution is -3.10. The lowest BCUT2D eigenvalue weighted by Gasteiger charge is -2.32. The standard InChI is InChI=1S/C19H33N2/c1-19(2)15-17(20-10-6-3-4-7-11-20)14-18(16-19)21-12-8-5-9-13-21/h14H,3-13,15-16H2,1-2H3/q+1/p+1. The minimum Gasteiger partial charge on any atom is -0.306 e. The third-order valence-electron chi connectivity index (χ3n) is 5.59. The minimum absolute atomic E-state index is 0.455. The molecule has 2 nitrogen and oxygen atoms in total. The molecule has 0 amide bonds. The second-order valence-electron chi connectivity index (χ2n) is 8.24. The van der Waals surface area contributed by atoms with Crippen molar-refractivity contribution in [3.05, 3.63) is 11.8 Å². The van der Waals surface area contributed by atoms with Gasteiger partial charge in [0, 0.05) is 25.7 Å². The predicted molar refractivity (Wildman–Crippen MR) is 89.1 cm³/mol. The van der Waals surface area contributed by atoms with Crippen LogP contribution in [0.25, 0.3) is 0 Å². The van der Waals surface area contributed by atoms with Gasteiger partial charge < -0.3 is 4.90 Å². The third kappa shape index (κ3) is 3.97. The van der Waals surface area contributed by atoms with Crippen LogP contribution >= 0.6 is 0 Å². The van der Waals surface area contributed by atoms with Gasteiger partial charge in [0.1, 0.15) is 18.8 Å². The van der Waals surface area contributed by atoms with Crippen molar-refractivity contribution in [3.8, 4) is 0 Å². The second kappa shape index (κ2) is 6.64. The molecule has 0 aromatic heterocycles. The maximum atomic E-state index is 2.70. The Morgan fingerprint density at radius 2 is 1.48 bits per heavy atom. The fourth-order valence-corrected chi connectivity index (χ4v) is 4.46. The van der Waals surface area contributed by atoms with Gasteiger partial charge in [-0.3, -0.25) is 0 Å². The van der Waals surface area contributed by atoms with Gasteiger partial charge >= 0.3 is 0 Å². The van der Waals surface area contributed by atoms with Crippen molar-refractivity contribution in [2.75, 3.05) is 26.2 Å². The first-order valence-electron chi connectivity index (χ1n) is 9.30. The number of hydrogen-bond acceptors (Lipinski definition) is 0. The molecule has 0 atom stereocenters. The number of piperidine rings is 1. The smallest absolute Gasteiger partial charge is 0.182 e. The minimum atomic E-state index is 0.455. The molecule has 2 fully saturated rings. The lowest BCUT2D eigenvalue weighted by atomic mass is 9.78. The largest absolute Gasteiger partial charge is 0.306 e. The van der Waals surface area contributed by atoms with Crippen LogP contribution in [0.15, 0.2) is 11.8 Å². The Hall–Kier alpha value is -0.630. The molecule has 1 aliphatic carbocycles. The molecule has 0 aromatic rings.